The molecule has 1 aromatic rings. The van der Waals surface area contributed by atoms with Gasteiger partial charge in [-0.15, -0.1) is 0 Å². The van der Waals surface area contributed by atoms with Crippen LogP contribution in [0.4, 0.5) is 4.79 Å². The van der Waals surface area contributed by atoms with Gasteiger partial charge in [-0.1, -0.05) is 31.0 Å². The quantitative estimate of drug-likeness (QED) is 0.353. The number of ether oxygens (including phenoxy) is 1. The molecule has 0 atom stereocenters. The van der Waals surface area contributed by atoms with E-state index < -0.39 is 11.6 Å². The zero-order valence-corrected chi connectivity index (χ0v) is 17.0. The highest BCUT2D eigenvalue weighted by atomic mass is 32.1. The second kappa shape index (κ2) is 12.1. The Morgan fingerprint density at radius 2 is 1.56 bits per heavy atom. The van der Waals surface area contributed by atoms with Crippen molar-refractivity contribution in [1.29, 1.82) is 0 Å². The minimum absolute atomic E-state index is 0.269. The lowest BCUT2D eigenvalue weighted by Crippen LogP contribution is -2.37. The first kappa shape index (κ1) is 22.7. The first-order chi connectivity index (χ1) is 12.8. The second-order valence-corrected chi connectivity index (χ2v) is 7.36. The molecule has 0 aliphatic carbocycles. The van der Waals surface area contributed by atoms with Crippen LogP contribution in [0.1, 0.15) is 56.8 Å². The first-order valence-corrected chi connectivity index (χ1v) is 9.45. The molecule has 0 saturated heterocycles. The molecule has 0 saturated carbocycles. The number of hydrogen-bond donors (Lipinski definition) is 3. The minimum atomic E-state index is -0.489. The number of carbonyl (C=O) groups is 2. The molecule has 0 unspecified atom stereocenters. The molecule has 1 amide bonds. The lowest BCUT2D eigenvalue weighted by molar-refractivity contribution is 0.0384. The van der Waals surface area contributed by atoms with Crippen LogP contribution in [0.15, 0.2) is 30.3 Å². The first-order valence-electron chi connectivity index (χ1n) is 9.05. The number of rotatable bonds is 8. The summed E-state index contributed by atoms with van der Waals surface area (Å²) in [5.74, 6) is -0.489. The summed E-state index contributed by atoms with van der Waals surface area (Å²) >= 11 is 5.05. The Bertz CT molecular complexity index is 603. The molecule has 0 heterocycles. The van der Waals surface area contributed by atoms with Gasteiger partial charge in [0.1, 0.15) is 5.60 Å². The van der Waals surface area contributed by atoms with Gasteiger partial charge in [-0.2, -0.15) is 5.48 Å². The highest BCUT2D eigenvalue weighted by Gasteiger charge is 2.15. The predicted octanol–water partition coefficient (Wildman–Crippen LogP) is 3.31. The van der Waals surface area contributed by atoms with Gasteiger partial charge in [0.25, 0.3) is 0 Å². The monoisotopic (exact) mass is 395 g/mol. The normalized spacial score (nSPS) is 10.6. The molecule has 1 rings (SSSR count). The average Bonchev–Trinajstić information content (AvgIpc) is 2.61. The number of hydrogen-bond acceptors (Lipinski definition) is 5. The van der Waals surface area contributed by atoms with Crippen molar-refractivity contribution in [3.05, 3.63) is 35.9 Å². The van der Waals surface area contributed by atoms with E-state index in [1.807, 2.05) is 26.8 Å². The Morgan fingerprint density at radius 3 is 2.15 bits per heavy atom. The molecule has 0 fully saturated rings. The van der Waals surface area contributed by atoms with E-state index in [1.165, 1.54) is 0 Å². The Labute approximate surface area is 166 Å². The highest BCUT2D eigenvalue weighted by molar-refractivity contribution is 7.80. The van der Waals surface area contributed by atoms with E-state index in [1.54, 1.807) is 24.3 Å². The Hall–Kier alpha value is -2.35. The van der Waals surface area contributed by atoms with Gasteiger partial charge in [0.2, 0.25) is 0 Å². The third-order valence-electron chi connectivity index (χ3n) is 3.30. The molecule has 8 heteroatoms. The molecule has 7 nitrogen and oxygen atoms in total. The lowest BCUT2D eigenvalue weighted by atomic mass is 10.2. The molecule has 0 bridgehead atoms. The molecule has 1 aromatic carbocycles. The Kier molecular flexibility index (Phi) is 10.2. The van der Waals surface area contributed by atoms with E-state index in [0.29, 0.717) is 18.7 Å². The third-order valence-corrected chi connectivity index (χ3v) is 3.53. The summed E-state index contributed by atoms with van der Waals surface area (Å²) < 4.78 is 5.16. The molecule has 0 aliphatic heterocycles. The van der Waals surface area contributed by atoms with Crippen LogP contribution < -0.4 is 16.1 Å². The van der Waals surface area contributed by atoms with Gasteiger partial charge < -0.3 is 20.2 Å². The van der Waals surface area contributed by atoms with Gasteiger partial charge in [0.05, 0.1) is 5.56 Å². The number of unbranched alkanes of at least 4 members (excludes halogenated alkanes) is 3. The van der Waals surface area contributed by atoms with Crippen molar-refractivity contribution < 1.29 is 19.2 Å². The summed E-state index contributed by atoms with van der Waals surface area (Å²) in [4.78, 5) is 28.1. The molecule has 0 radical (unpaired) electrons. The molecule has 3 N–H and O–H groups in total. The number of amides is 1. The lowest BCUT2D eigenvalue weighted by Gasteiger charge is -2.19. The summed E-state index contributed by atoms with van der Waals surface area (Å²) in [6, 6.07) is 8.67. The number of alkyl carbamates (subject to hydrolysis) is 1. The summed E-state index contributed by atoms with van der Waals surface area (Å²) in [6.45, 7) is 6.77. The van der Waals surface area contributed by atoms with E-state index >= 15 is 0 Å². The van der Waals surface area contributed by atoms with Crippen molar-refractivity contribution in [2.45, 2.75) is 52.1 Å². The van der Waals surface area contributed by atoms with E-state index in [9.17, 15) is 9.59 Å². The number of nitrogens with one attached hydrogen (secondary N) is 3. The largest absolute Gasteiger partial charge is 0.444 e. The minimum Gasteiger partial charge on any atom is -0.444 e. The summed E-state index contributed by atoms with van der Waals surface area (Å²) in [7, 11) is 0. The smallest absolute Gasteiger partial charge is 0.407 e. The summed E-state index contributed by atoms with van der Waals surface area (Å²) in [5.41, 5.74) is 2.41. The van der Waals surface area contributed by atoms with Crippen LogP contribution >= 0.6 is 12.2 Å². The van der Waals surface area contributed by atoms with Crippen LogP contribution in [0.25, 0.3) is 0 Å². The fourth-order valence-electron chi connectivity index (χ4n) is 2.07. The van der Waals surface area contributed by atoms with E-state index in [0.717, 1.165) is 25.7 Å². The molecule has 27 heavy (non-hydrogen) atoms. The zero-order chi connectivity index (χ0) is 20.1. The number of carbonyl (C=O) groups excluding carboxylic acids is 2. The maximum Gasteiger partial charge on any atom is 0.407 e. The summed E-state index contributed by atoms with van der Waals surface area (Å²) in [6.07, 6.45) is 3.40. The summed E-state index contributed by atoms with van der Waals surface area (Å²) in [5, 5.41) is 5.98. The van der Waals surface area contributed by atoms with Gasteiger partial charge in [0.15, 0.2) is 5.11 Å². The fourth-order valence-corrected chi connectivity index (χ4v) is 2.22. The SMILES string of the molecule is CC(C)(C)OC(=O)NCCCCCCNC(=S)NOC(=O)c1ccccc1. The Morgan fingerprint density at radius 1 is 0.963 bits per heavy atom. The van der Waals surface area contributed by atoms with Crippen LogP contribution in [-0.4, -0.2) is 35.9 Å². The van der Waals surface area contributed by atoms with Crippen molar-refractivity contribution in [1.82, 2.24) is 16.1 Å². The molecular weight excluding hydrogens is 366 g/mol. The van der Waals surface area contributed by atoms with Gasteiger partial charge in [-0.05, 0) is 58.0 Å². The van der Waals surface area contributed by atoms with Crippen LogP contribution in [-0.2, 0) is 9.57 Å². The van der Waals surface area contributed by atoms with E-state index in [2.05, 4.69) is 16.1 Å². The standard InChI is InChI=1S/C19H29N3O4S/c1-19(2,3)25-18(24)21-14-10-5-4-9-13-20-17(27)22-26-16(23)15-11-7-6-8-12-15/h6-8,11-12H,4-5,9-10,13-14H2,1-3H3,(H,21,24)(H2,20,22,27). The van der Waals surface area contributed by atoms with Gasteiger partial charge in [-0.25, -0.2) is 9.59 Å². The average molecular weight is 396 g/mol. The van der Waals surface area contributed by atoms with E-state index in [-0.39, 0.29) is 11.2 Å². The molecule has 0 spiro atoms. The number of benzene rings is 1. The van der Waals surface area contributed by atoms with Crippen molar-refractivity contribution in [2.24, 2.45) is 0 Å². The zero-order valence-electron chi connectivity index (χ0n) is 16.2. The second-order valence-electron chi connectivity index (χ2n) is 6.96. The van der Waals surface area contributed by atoms with Crippen molar-refractivity contribution in [2.75, 3.05) is 13.1 Å². The van der Waals surface area contributed by atoms with Crippen LogP contribution in [0.2, 0.25) is 0 Å². The molecule has 0 aliphatic rings. The van der Waals surface area contributed by atoms with Crippen molar-refractivity contribution >= 4 is 29.4 Å². The maximum absolute atomic E-state index is 11.7. The number of thiocarbonyl (C=S) groups is 1. The molecule has 0 aromatic heterocycles. The maximum atomic E-state index is 11.7. The van der Waals surface area contributed by atoms with Crippen molar-refractivity contribution in [3.8, 4) is 0 Å². The van der Waals surface area contributed by atoms with Crippen LogP contribution in [0.5, 0.6) is 0 Å². The van der Waals surface area contributed by atoms with Gasteiger partial charge in [0, 0.05) is 13.1 Å². The van der Waals surface area contributed by atoms with Crippen molar-refractivity contribution in [3.63, 3.8) is 0 Å². The third kappa shape index (κ3) is 11.8. The molecular formula is C19H29N3O4S. The molecule has 150 valence electrons. The predicted molar refractivity (Wildman–Crippen MR) is 108 cm³/mol. The topological polar surface area (TPSA) is 88.7 Å². The van der Waals surface area contributed by atoms with Gasteiger partial charge in [-0.3, -0.25) is 0 Å². The van der Waals surface area contributed by atoms with E-state index in [4.69, 9.17) is 21.8 Å². The number of hydroxylamine groups is 1. The van der Waals surface area contributed by atoms with Gasteiger partial charge >= 0.3 is 12.1 Å². The Balaban J connectivity index is 1.98. The van der Waals surface area contributed by atoms with Crippen LogP contribution in [0.3, 0.4) is 0 Å². The highest BCUT2D eigenvalue weighted by Crippen LogP contribution is 2.06. The van der Waals surface area contributed by atoms with Crippen LogP contribution in [0, 0.1) is 0 Å². The fraction of sp³-hybridized carbons (Fsp3) is 0.526.